The van der Waals surface area contributed by atoms with Crippen molar-refractivity contribution in [2.75, 3.05) is 5.73 Å². The van der Waals surface area contributed by atoms with E-state index in [1.807, 2.05) is 6.92 Å². The molecule has 0 spiro atoms. The van der Waals surface area contributed by atoms with Crippen molar-refractivity contribution in [1.82, 2.24) is 4.98 Å². The van der Waals surface area contributed by atoms with Crippen molar-refractivity contribution in [3.63, 3.8) is 0 Å². The van der Waals surface area contributed by atoms with Crippen LogP contribution in [0.3, 0.4) is 0 Å². The number of halogens is 2. The van der Waals surface area contributed by atoms with Crippen molar-refractivity contribution >= 4 is 39.5 Å². The highest BCUT2D eigenvalue weighted by molar-refractivity contribution is 7.16. The zero-order valence-electron chi connectivity index (χ0n) is 8.63. The first-order valence-electron chi connectivity index (χ1n) is 4.83. The van der Waals surface area contributed by atoms with Crippen molar-refractivity contribution in [2.45, 2.75) is 13.3 Å². The first-order chi connectivity index (χ1) is 7.63. The SMILES string of the molecule is CCc1nc(-c2c(Cl)cccc2Cl)c(N)s1. The molecule has 2 nitrogen and oxygen atoms in total. The van der Waals surface area contributed by atoms with Crippen LogP contribution in [0.15, 0.2) is 18.2 Å². The summed E-state index contributed by atoms with van der Waals surface area (Å²) in [7, 11) is 0. The molecule has 84 valence electrons. The highest BCUT2D eigenvalue weighted by Gasteiger charge is 2.15. The van der Waals surface area contributed by atoms with Gasteiger partial charge in [-0.25, -0.2) is 4.98 Å². The molecule has 16 heavy (non-hydrogen) atoms. The van der Waals surface area contributed by atoms with Gasteiger partial charge in [0, 0.05) is 5.56 Å². The third kappa shape index (κ3) is 2.03. The first-order valence-corrected chi connectivity index (χ1v) is 6.40. The lowest BCUT2D eigenvalue weighted by molar-refractivity contribution is 1.10. The molecule has 1 heterocycles. The van der Waals surface area contributed by atoms with Crippen LogP contribution in [0.1, 0.15) is 11.9 Å². The van der Waals surface area contributed by atoms with Gasteiger partial charge in [-0.2, -0.15) is 0 Å². The normalized spacial score (nSPS) is 10.7. The molecule has 2 N–H and O–H groups in total. The molecule has 0 aliphatic carbocycles. The summed E-state index contributed by atoms with van der Waals surface area (Å²) in [6, 6.07) is 5.37. The first kappa shape index (κ1) is 11.7. The molecule has 1 aromatic heterocycles. The van der Waals surface area contributed by atoms with Crippen LogP contribution in [-0.2, 0) is 6.42 Å². The molecular weight excluding hydrogens is 263 g/mol. The largest absolute Gasteiger partial charge is 0.389 e. The van der Waals surface area contributed by atoms with Crippen LogP contribution < -0.4 is 5.73 Å². The van der Waals surface area contributed by atoms with Gasteiger partial charge in [-0.15, -0.1) is 11.3 Å². The molecule has 5 heteroatoms. The molecule has 0 amide bonds. The molecule has 0 unspecified atom stereocenters. The van der Waals surface area contributed by atoms with Crippen LogP contribution in [0.25, 0.3) is 11.3 Å². The molecular formula is C11H10Cl2N2S. The minimum absolute atomic E-state index is 0.576. The van der Waals surface area contributed by atoms with Crippen LogP contribution in [0.5, 0.6) is 0 Å². The quantitative estimate of drug-likeness (QED) is 0.887. The number of nitrogens with two attached hydrogens (primary N) is 1. The lowest BCUT2D eigenvalue weighted by Crippen LogP contribution is -1.88. The molecule has 0 saturated heterocycles. The average molecular weight is 273 g/mol. The number of hydrogen-bond acceptors (Lipinski definition) is 3. The fourth-order valence-corrected chi connectivity index (χ4v) is 2.79. The van der Waals surface area contributed by atoms with Crippen LogP contribution in [0.2, 0.25) is 10.0 Å². The topological polar surface area (TPSA) is 38.9 Å². The summed E-state index contributed by atoms with van der Waals surface area (Å²) in [6.45, 7) is 2.04. The smallest absolute Gasteiger partial charge is 0.114 e. The second-order valence-corrected chi connectivity index (χ2v) is 5.20. The predicted molar refractivity (Wildman–Crippen MR) is 71.4 cm³/mol. The molecule has 0 radical (unpaired) electrons. The monoisotopic (exact) mass is 272 g/mol. The third-order valence-electron chi connectivity index (χ3n) is 2.20. The molecule has 0 atom stereocenters. The number of nitrogen functional groups attached to an aromatic ring is 1. The van der Waals surface area contributed by atoms with E-state index in [-0.39, 0.29) is 0 Å². The van der Waals surface area contributed by atoms with Crippen LogP contribution in [-0.4, -0.2) is 4.98 Å². The fourth-order valence-electron chi connectivity index (χ4n) is 1.43. The van der Waals surface area contributed by atoms with E-state index in [0.29, 0.717) is 20.7 Å². The van der Waals surface area contributed by atoms with Gasteiger partial charge in [-0.05, 0) is 18.6 Å². The number of nitrogens with zero attached hydrogens (tertiary/aromatic N) is 1. The number of rotatable bonds is 2. The molecule has 0 aliphatic rings. The minimum Gasteiger partial charge on any atom is -0.389 e. The second-order valence-electron chi connectivity index (χ2n) is 3.27. The number of thiazole rings is 1. The van der Waals surface area contributed by atoms with Gasteiger partial charge >= 0.3 is 0 Å². The summed E-state index contributed by atoms with van der Waals surface area (Å²) in [4.78, 5) is 4.44. The number of anilines is 1. The van der Waals surface area contributed by atoms with E-state index in [1.165, 1.54) is 11.3 Å². The molecule has 0 fully saturated rings. The maximum atomic E-state index is 6.11. The van der Waals surface area contributed by atoms with E-state index in [2.05, 4.69) is 4.98 Å². The Morgan fingerprint density at radius 3 is 2.44 bits per heavy atom. The van der Waals surface area contributed by atoms with Gasteiger partial charge in [0.2, 0.25) is 0 Å². The third-order valence-corrected chi connectivity index (χ3v) is 3.86. The number of benzene rings is 1. The standard InChI is InChI=1S/C11H10Cl2N2S/c1-2-8-15-10(11(14)16-8)9-6(12)4-3-5-7(9)13/h3-5H,2,14H2,1H3. The summed E-state index contributed by atoms with van der Waals surface area (Å²) in [5.41, 5.74) is 7.34. The second kappa shape index (κ2) is 4.62. The highest BCUT2D eigenvalue weighted by atomic mass is 35.5. The van der Waals surface area contributed by atoms with Crippen molar-refractivity contribution < 1.29 is 0 Å². The average Bonchev–Trinajstić information content (AvgIpc) is 2.60. The summed E-state index contributed by atoms with van der Waals surface area (Å²) >= 11 is 13.7. The van der Waals surface area contributed by atoms with E-state index >= 15 is 0 Å². The number of aryl methyl sites for hydroxylation is 1. The Hall–Kier alpha value is -0.770. The zero-order valence-corrected chi connectivity index (χ0v) is 11.0. The molecule has 2 aromatic rings. The van der Waals surface area contributed by atoms with E-state index in [1.54, 1.807) is 18.2 Å². The summed E-state index contributed by atoms with van der Waals surface area (Å²) in [5.74, 6) is 0. The van der Waals surface area contributed by atoms with Gasteiger partial charge in [0.25, 0.3) is 0 Å². The number of hydrogen-bond donors (Lipinski definition) is 1. The Morgan fingerprint density at radius 1 is 1.31 bits per heavy atom. The predicted octanol–water partition coefficient (Wildman–Crippen LogP) is 4.26. The van der Waals surface area contributed by atoms with Crippen molar-refractivity contribution in [3.05, 3.63) is 33.3 Å². The van der Waals surface area contributed by atoms with Crippen LogP contribution in [0, 0.1) is 0 Å². The summed E-state index contributed by atoms with van der Waals surface area (Å²) in [5, 5.41) is 2.80. The van der Waals surface area contributed by atoms with Crippen LogP contribution in [0.4, 0.5) is 5.00 Å². The van der Waals surface area contributed by atoms with Gasteiger partial charge in [-0.1, -0.05) is 36.2 Å². The minimum atomic E-state index is 0.576. The van der Waals surface area contributed by atoms with Crippen LogP contribution >= 0.6 is 34.5 Å². The van der Waals surface area contributed by atoms with Gasteiger partial charge < -0.3 is 5.73 Å². The van der Waals surface area contributed by atoms with Gasteiger partial charge in [0.15, 0.2) is 0 Å². The van der Waals surface area contributed by atoms with Crippen molar-refractivity contribution in [1.29, 1.82) is 0 Å². The lowest BCUT2D eigenvalue weighted by Gasteiger charge is -2.04. The Bertz CT molecular complexity index is 502. The molecule has 0 aliphatic heterocycles. The maximum absolute atomic E-state index is 6.11. The van der Waals surface area contributed by atoms with E-state index in [9.17, 15) is 0 Å². The van der Waals surface area contributed by atoms with E-state index in [4.69, 9.17) is 28.9 Å². The molecule has 0 saturated carbocycles. The Kier molecular flexibility index (Phi) is 3.38. The van der Waals surface area contributed by atoms with E-state index < -0.39 is 0 Å². The zero-order chi connectivity index (χ0) is 11.7. The van der Waals surface area contributed by atoms with E-state index in [0.717, 1.165) is 17.0 Å². The Morgan fingerprint density at radius 2 is 1.94 bits per heavy atom. The maximum Gasteiger partial charge on any atom is 0.114 e. The van der Waals surface area contributed by atoms with Crippen molar-refractivity contribution in [2.24, 2.45) is 0 Å². The summed E-state index contributed by atoms with van der Waals surface area (Å²) < 4.78 is 0. The Balaban J connectivity index is 2.62. The highest BCUT2D eigenvalue weighted by Crippen LogP contribution is 2.39. The Labute approximate surface area is 108 Å². The number of aromatic nitrogens is 1. The molecule has 0 bridgehead atoms. The van der Waals surface area contributed by atoms with Gasteiger partial charge in [-0.3, -0.25) is 0 Å². The molecule has 2 rings (SSSR count). The van der Waals surface area contributed by atoms with Crippen molar-refractivity contribution in [3.8, 4) is 11.3 Å². The van der Waals surface area contributed by atoms with Gasteiger partial charge in [0.05, 0.1) is 15.1 Å². The fraction of sp³-hybridized carbons (Fsp3) is 0.182. The van der Waals surface area contributed by atoms with Gasteiger partial charge in [0.1, 0.15) is 10.7 Å². The summed E-state index contributed by atoms with van der Waals surface area (Å²) in [6.07, 6.45) is 0.858. The molecule has 1 aromatic carbocycles. The lowest BCUT2D eigenvalue weighted by atomic mass is 10.1.